The average Bonchev–Trinajstić information content (AvgIpc) is 2.85. The molecule has 0 aliphatic heterocycles. The van der Waals surface area contributed by atoms with Crippen molar-refractivity contribution in [2.45, 2.75) is 4.90 Å². The van der Waals surface area contributed by atoms with Crippen molar-refractivity contribution in [2.75, 3.05) is 7.11 Å². The molecule has 0 aliphatic carbocycles. The van der Waals surface area contributed by atoms with E-state index in [0.29, 0.717) is 17.6 Å². The smallest absolute Gasteiger partial charge is 0.294 e. The first-order chi connectivity index (χ1) is 8.95. The van der Waals surface area contributed by atoms with Crippen molar-refractivity contribution in [3.63, 3.8) is 0 Å². The van der Waals surface area contributed by atoms with E-state index < -0.39 is 10.1 Å². The fourth-order valence-corrected chi connectivity index (χ4v) is 2.11. The van der Waals surface area contributed by atoms with Crippen molar-refractivity contribution in [3.8, 4) is 17.1 Å². The van der Waals surface area contributed by atoms with Crippen LogP contribution in [0.25, 0.3) is 11.3 Å². The molecule has 2 rings (SSSR count). The minimum Gasteiger partial charge on any atom is -0.496 e. The van der Waals surface area contributed by atoms with Gasteiger partial charge >= 0.3 is 0 Å². The van der Waals surface area contributed by atoms with Crippen molar-refractivity contribution in [1.82, 2.24) is 0 Å². The summed E-state index contributed by atoms with van der Waals surface area (Å²) in [6.07, 6.45) is 0.530. The Balaban J connectivity index is 2.62. The fraction of sp³-hybridized carbons (Fsp3) is 0.0833. The number of benzene rings is 1. The summed E-state index contributed by atoms with van der Waals surface area (Å²) in [7, 11) is -2.91. The molecule has 0 unspecified atom stereocenters. The van der Waals surface area contributed by atoms with Gasteiger partial charge in [0.25, 0.3) is 10.1 Å². The number of hydrogen-bond donors (Lipinski definition) is 1. The van der Waals surface area contributed by atoms with E-state index in [4.69, 9.17) is 13.7 Å². The zero-order chi connectivity index (χ0) is 14.0. The summed E-state index contributed by atoms with van der Waals surface area (Å²) in [4.78, 5) is 10.3. The molecule has 0 atom stereocenters. The Morgan fingerprint density at radius 1 is 1.26 bits per heavy atom. The number of rotatable bonds is 4. The molecule has 0 radical (unpaired) electrons. The zero-order valence-corrected chi connectivity index (χ0v) is 10.7. The molecular formula is C12H10O6S. The predicted octanol–water partition coefficient (Wildman–Crippen LogP) is 2.01. The van der Waals surface area contributed by atoms with E-state index in [2.05, 4.69) is 0 Å². The third-order valence-corrected chi connectivity index (χ3v) is 3.33. The molecule has 2 aromatic rings. The van der Waals surface area contributed by atoms with Gasteiger partial charge in [-0.1, -0.05) is 0 Å². The van der Waals surface area contributed by atoms with Crippen LogP contribution in [0.4, 0.5) is 0 Å². The van der Waals surface area contributed by atoms with Crippen molar-refractivity contribution in [3.05, 3.63) is 36.1 Å². The van der Waals surface area contributed by atoms with E-state index >= 15 is 0 Å². The zero-order valence-electron chi connectivity index (χ0n) is 9.86. The lowest BCUT2D eigenvalue weighted by molar-refractivity contribution is 0.110. The van der Waals surface area contributed by atoms with E-state index in [0.717, 1.165) is 0 Å². The molecule has 0 fully saturated rings. The van der Waals surface area contributed by atoms with E-state index in [9.17, 15) is 13.2 Å². The van der Waals surface area contributed by atoms with Crippen LogP contribution in [0.15, 0.2) is 39.6 Å². The molecule has 0 aliphatic rings. The molecule has 0 saturated heterocycles. The van der Waals surface area contributed by atoms with E-state index in [1.165, 1.54) is 37.4 Å². The molecule has 1 aromatic carbocycles. The summed E-state index contributed by atoms with van der Waals surface area (Å²) in [6, 6.07) is 6.77. The Hall–Kier alpha value is -2.12. The number of carbonyl (C=O) groups excluding carboxylic acids is 1. The summed E-state index contributed by atoms with van der Waals surface area (Å²) in [6.45, 7) is 0. The van der Waals surface area contributed by atoms with Crippen LogP contribution in [0.3, 0.4) is 0 Å². The molecule has 1 N–H and O–H groups in total. The standard InChI is InChI=1S/C12H10O6S/c1-17-11-5-3-9(19(14,15)16)6-10(11)12-4-2-8(7-13)18-12/h2-7H,1H3,(H,14,15,16). The Labute approximate surface area is 109 Å². The molecule has 0 saturated carbocycles. The monoisotopic (exact) mass is 282 g/mol. The van der Waals surface area contributed by atoms with E-state index in [-0.39, 0.29) is 16.4 Å². The first-order valence-electron chi connectivity index (χ1n) is 5.16. The van der Waals surface area contributed by atoms with Crippen molar-refractivity contribution >= 4 is 16.4 Å². The first-order valence-corrected chi connectivity index (χ1v) is 6.60. The van der Waals surface area contributed by atoms with Gasteiger partial charge in [-0.3, -0.25) is 9.35 Å². The largest absolute Gasteiger partial charge is 0.496 e. The van der Waals surface area contributed by atoms with Crippen LogP contribution in [0.1, 0.15) is 10.6 Å². The van der Waals surface area contributed by atoms with Crippen molar-refractivity contribution in [1.29, 1.82) is 0 Å². The minimum absolute atomic E-state index is 0.106. The summed E-state index contributed by atoms with van der Waals surface area (Å²) in [5.74, 6) is 0.734. The van der Waals surface area contributed by atoms with Gasteiger partial charge in [-0.05, 0) is 30.3 Å². The van der Waals surface area contributed by atoms with Gasteiger partial charge in [0, 0.05) is 0 Å². The number of ether oxygens (including phenoxy) is 1. The van der Waals surface area contributed by atoms with E-state index in [1.54, 1.807) is 0 Å². The average molecular weight is 282 g/mol. The quantitative estimate of drug-likeness (QED) is 0.681. The minimum atomic E-state index is -4.32. The maximum absolute atomic E-state index is 11.1. The van der Waals surface area contributed by atoms with Crippen molar-refractivity contribution in [2.24, 2.45) is 0 Å². The van der Waals surface area contributed by atoms with Crippen LogP contribution >= 0.6 is 0 Å². The number of aldehydes is 1. The van der Waals surface area contributed by atoms with Crippen LogP contribution in [0.5, 0.6) is 5.75 Å². The lowest BCUT2D eigenvalue weighted by Crippen LogP contribution is -1.99. The summed E-state index contributed by atoms with van der Waals surface area (Å²) < 4.78 is 41.5. The lowest BCUT2D eigenvalue weighted by atomic mass is 10.1. The first kappa shape index (κ1) is 13.3. The Morgan fingerprint density at radius 2 is 2.00 bits per heavy atom. The topological polar surface area (TPSA) is 93.8 Å². The number of furan rings is 1. The van der Waals surface area contributed by atoms with E-state index in [1.807, 2.05) is 0 Å². The van der Waals surface area contributed by atoms with Crippen LogP contribution < -0.4 is 4.74 Å². The second kappa shape index (κ2) is 4.87. The maximum atomic E-state index is 11.1. The van der Waals surface area contributed by atoms with Gasteiger partial charge < -0.3 is 9.15 Å². The second-order valence-electron chi connectivity index (χ2n) is 3.66. The van der Waals surface area contributed by atoms with Gasteiger partial charge in [-0.25, -0.2) is 0 Å². The van der Waals surface area contributed by atoms with Crippen LogP contribution in [0.2, 0.25) is 0 Å². The van der Waals surface area contributed by atoms with Gasteiger partial charge in [-0.15, -0.1) is 0 Å². The Bertz CT molecular complexity index is 714. The normalized spacial score (nSPS) is 11.3. The van der Waals surface area contributed by atoms with Gasteiger partial charge in [0.2, 0.25) is 0 Å². The van der Waals surface area contributed by atoms with Gasteiger partial charge in [0.05, 0.1) is 17.6 Å². The maximum Gasteiger partial charge on any atom is 0.294 e. The third-order valence-electron chi connectivity index (χ3n) is 2.48. The molecule has 0 spiro atoms. The Morgan fingerprint density at radius 3 is 2.53 bits per heavy atom. The number of hydrogen-bond acceptors (Lipinski definition) is 5. The predicted molar refractivity (Wildman–Crippen MR) is 65.9 cm³/mol. The Kier molecular flexibility index (Phi) is 3.41. The molecular weight excluding hydrogens is 272 g/mol. The molecule has 100 valence electrons. The summed E-state index contributed by atoms with van der Waals surface area (Å²) in [5.41, 5.74) is 0.325. The SMILES string of the molecule is COc1ccc(S(=O)(=O)O)cc1-c1ccc(C=O)o1. The van der Waals surface area contributed by atoms with Gasteiger partial charge in [-0.2, -0.15) is 8.42 Å². The molecule has 19 heavy (non-hydrogen) atoms. The molecule has 1 aromatic heterocycles. The number of methoxy groups -OCH3 is 1. The highest BCUT2D eigenvalue weighted by molar-refractivity contribution is 7.85. The highest BCUT2D eigenvalue weighted by atomic mass is 32.2. The fourth-order valence-electron chi connectivity index (χ4n) is 1.60. The van der Waals surface area contributed by atoms with Crippen LogP contribution in [-0.2, 0) is 10.1 Å². The molecule has 0 amide bonds. The van der Waals surface area contributed by atoms with Crippen LogP contribution in [0, 0.1) is 0 Å². The highest BCUT2D eigenvalue weighted by Crippen LogP contribution is 2.33. The molecule has 0 bridgehead atoms. The van der Waals surface area contributed by atoms with Crippen LogP contribution in [-0.4, -0.2) is 26.4 Å². The molecule has 6 nitrogen and oxygen atoms in total. The molecule has 1 heterocycles. The lowest BCUT2D eigenvalue weighted by Gasteiger charge is -2.07. The van der Waals surface area contributed by atoms with Crippen molar-refractivity contribution < 1.29 is 26.9 Å². The molecule has 7 heteroatoms. The number of carbonyl (C=O) groups is 1. The summed E-state index contributed by atoms with van der Waals surface area (Å²) in [5, 5.41) is 0. The third kappa shape index (κ3) is 2.67. The highest BCUT2D eigenvalue weighted by Gasteiger charge is 2.16. The van der Waals surface area contributed by atoms with Gasteiger partial charge in [0.1, 0.15) is 11.5 Å². The summed E-state index contributed by atoms with van der Waals surface area (Å²) >= 11 is 0. The van der Waals surface area contributed by atoms with Gasteiger partial charge in [0.15, 0.2) is 12.0 Å². The second-order valence-corrected chi connectivity index (χ2v) is 5.08.